The van der Waals surface area contributed by atoms with Crippen molar-refractivity contribution in [3.63, 3.8) is 0 Å². The molecule has 0 bridgehead atoms. The lowest BCUT2D eigenvalue weighted by Gasteiger charge is -2.10. The van der Waals surface area contributed by atoms with E-state index in [0.717, 1.165) is 5.56 Å². The van der Waals surface area contributed by atoms with E-state index in [0.29, 0.717) is 11.3 Å². The molecule has 2 aromatic rings. The summed E-state index contributed by atoms with van der Waals surface area (Å²) >= 11 is 5.83. The van der Waals surface area contributed by atoms with Gasteiger partial charge in [-0.1, -0.05) is 23.4 Å². The average molecular weight is 309 g/mol. The Balaban J connectivity index is 2.20. The number of alkyl halides is 1. The van der Waals surface area contributed by atoms with Crippen LogP contribution in [0.2, 0.25) is 5.15 Å². The SMILES string of the molecule is Cn1cc(C#Cc2cnc(Cl)cc2NC[C@H](F)CO)cn1. The van der Waals surface area contributed by atoms with E-state index in [9.17, 15) is 4.39 Å². The second kappa shape index (κ2) is 7.07. The zero-order valence-electron chi connectivity index (χ0n) is 11.3. The van der Waals surface area contributed by atoms with Gasteiger partial charge in [0.15, 0.2) is 0 Å². The quantitative estimate of drug-likeness (QED) is 0.665. The highest BCUT2D eigenvalue weighted by Gasteiger charge is 2.07. The molecule has 0 aliphatic heterocycles. The van der Waals surface area contributed by atoms with Gasteiger partial charge in [-0.05, 0) is 6.07 Å². The number of nitrogens with zero attached hydrogens (tertiary/aromatic N) is 3. The first-order chi connectivity index (χ1) is 10.1. The third kappa shape index (κ3) is 4.45. The molecule has 2 heterocycles. The smallest absolute Gasteiger partial charge is 0.140 e. The molecule has 0 saturated heterocycles. The van der Waals surface area contributed by atoms with Crippen molar-refractivity contribution < 1.29 is 9.50 Å². The normalized spacial score (nSPS) is 11.6. The van der Waals surface area contributed by atoms with Crippen molar-refractivity contribution >= 4 is 17.3 Å². The molecule has 5 nitrogen and oxygen atoms in total. The molecule has 0 aromatic carbocycles. The van der Waals surface area contributed by atoms with Crippen molar-refractivity contribution in [1.29, 1.82) is 0 Å². The van der Waals surface area contributed by atoms with Gasteiger partial charge in [0.05, 0.1) is 29.6 Å². The van der Waals surface area contributed by atoms with E-state index in [1.165, 1.54) is 6.20 Å². The van der Waals surface area contributed by atoms with Crippen LogP contribution < -0.4 is 5.32 Å². The number of aliphatic hydroxyl groups excluding tert-OH is 1. The maximum atomic E-state index is 13.1. The van der Waals surface area contributed by atoms with Crippen LogP contribution in [-0.2, 0) is 7.05 Å². The molecule has 0 aliphatic carbocycles. The monoisotopic (exact) mass is 308 g/mol. The minimum absolute atomic E-state index is 0.0294. The molecule has 0 fully saturated rings. The van der Waals surface area contributed by atoms with Gasteiger partial charge in [0.2, 0.25) is 0 Å². The van der Waals surface area contributed by atoms with Gasteiger partial charge in [-0.2, -0.15) is 5.10 Å². The molecule has 0 amide bonds. The maximum absolute atomic E-state index is 13.1. The third-order valence-electron chi connectivity index (χ3n) is 2.63. The number of halogens is 2. The highest BCUT2D eigenvalue weighted by Crippen LogP contribution is 2.18. The first-order valence-electron chi connectivity index (χ1n) is 6.23. The number of aromatic nitrogens is 3. The van der Waals surface area contributed by atoms with E-state index in [2.05, 4.69) is 27.2 Å². The molecule has 0 unspecified atom stereocenters. The molecular formula is C14H14ClFN4O. The van der Waals surface area contributed by atoms with Gasteiger partial charge in [0.1, 0.15) is 11.3 Å². The lowest BCUT2D eigenvalue weighted by atomic mass is 10.2. The number of aryl methyl sites for hydroxylation is 1. The van der Waals surface area contributed by atoms with Gasteiger partial charge in [-0.25, -0.2) is 9.37 Å². The van der Waals surface area contributed by atoms with Gasteiger partial charge < -0.3 is 10.4 Å². The molecule has 2 rings (SSSR count). The van der Waals surface area contributed by atoms with E-state index in [-0.39, 0.29) is 11.7 Å². The second-order valence-electron chi connectivity index (χ2n) is 4.37. The first-order valence-corrected chi connectivity index (χ1v) is 6.61. The van der Waals surface area contributed by atoms with Crippen LogP contribution in [-0.4, -0.2) is 39.2 Å². The Morgan fingerprint density at radius 2 is 2.29 bits per heavy atom. The summed E-state index contributed by atoms with van der Waals surface area (Å²) < 4.78 is 14.7. The van der Waals surface area contributed by atoms with E-state index in [1.54, 1.807) is 30.2 Å². The van der Waals surface area contributed by atoms with Crippen molar-refractivity contribution in [2.45, 2.75) is 6.17 Å². The third-order valence-corrected chi connectivity index (χ3v) is 2.84. The lowest BCUT2D eigenvalue weighted by Crippen LogP contribution is -2.19. The molecule has 2 N–H and O–H groups in total. The Morgan fingerprint density at radius 3 is 2.95 bits per heavy atom. The number of rotatable bonds is 4. The number of anilines is 1. The summed E-state index contributed by atoms with van der Waals surface area (Å²) in [6, 6.07) is 1.57. The summed E-state index contributed by atoms with van der Waals surface area (Å²) in [5.41, 5.74) is 1.92. The molecule has 2 aromatic heterocycles. The zero-order valence-corrected chi connectivity index (χ0v) is 12.1. The average Bonchev–Trinajstić information content (AvgIpc) is 2.89. The number of aliphatic hydroxyl groups is 1. The molecular weight excluding hydrogens is 295 g/mol. The fraction of sp³-hybridized carbons (Fsp3) is 0.286. The highest BCUT2D eigenvalue weighted by atomic mass is 35.5. The largest absolute Gasteiger partial charge is 0.393 e. The molecule has 0 spiro atoms. The van der Waals surface area contributed by atoms with Crippen molar-refractivity contribution in [2.24, 2.45) is 7.05 Å². The van der Waals surface area contributed by atoms with Crippen LogP contribution in [0.3, 0.4) is 0 Å². The Hall–Kier alpha value is -2.10. The van der Waals surface area contributed by atoms with Gasteiger partial charge in [-0.15, -0.1) is 0 Å². The molecule has 0 radical (unpaired) electrons. The minimum Gasteiger partial charge on any atom is -0.393 e. The summed E-state index contributed by atoms with van der Waals surface area (Å²) in [5, 5.41) is 15.9. The minimum atomic E-state index is -1.35. The van der Waals surface area contributed by atoms with Crippen molar-refractivity contribution in [2.75, 3.05) is 18.5 Å². The van der Waals surface area contributed by atoms with Gasteiger partial charge in [-0.3, -0.25) is 4.68 Å². The molecule has 21 heavy (non-hydrogen) atoms. The molecule has 7 heteroatoms. The van der Waals surface area contributed by atoms with Gasteiger partial charge in [0, 0.05) is 26.0 Å². The van der Waals surface area contributed by atoms with E-state index < -0.39 is 12.8 Å². The van der Waals surface area contributed by atoms with Crippen LogP contribution in [0.5, 0.6) is 0 Å². The number of hydrogen-bond donors (Lipinski definition) is 2. The van der Waals surface area contributed by atoms with Crippen LogP contribution in [0.1, 0.15) is 11.1 Å². The van der Waals surface area contributed by atoms with Crippen LogP contribution in [0, 0.1) is 11.8 Å². The predicted octanol–water partition coefficient (Wildman–Crippen LogP) is 1.61. The number of nitrogens with one attached hydrogen (secondary N) is 1. The van der Waals surface area contributed by atoms with Gasteiger partial charge >= 0.3 is 0 Å². The summed E-state index contributed by atoms with van der Waals surface area (Å²) in [6.07, 6.45) is 3.59. The standard InChI is InChI=1S/C14H14ClFN4O/c1-20-8-10(5-19-20)2-3-11-6-18-14(15)4-13(11)17-7-12(16)9-21/h4-6,8,12,21H,7,9H2,1H3,(H,17,18)/t12-/m0/s1. The van der Waals surface area contributed by atoms with Crippen molar-refractivity contribution in [3.8, 4) is 11.8 Å². The molecule has 0 aliphatic rings. The fourth-order valence-corrected chi connectivity index (χ4v) is 1.74. The first kappa shape index (κ1) is 15.3. The van der Waals surface area contributed by atoms with Crippen LogP contribution in [0.25, 0.3) is 0 Å². The van der Waals surface area contributed by atoms with E-state index in [4.69, 9.17) is 16.7 Å². The number of pyridine rings is 1. The summed E-state index contributed by atoms with van der Waals surface area (Å²) in [4.78, 5) is 3.96. The maximum Gasteiger partial charge on any atom is 0.140 e. The topological polar surface area (TPSA) is 63.0 Å². The Kier molecular flexibility index (Phi) is 5.14. The van der Waals surface area contributed by atoms with Gasteiger partial charge in [0.25, 0.3) is 0 Å². The molecule has 0 saturated carbocycles. The van der Waals surface area contributed by atoms with E-state index in [1.807, 2.05) is 0 Å². The Morgan fingerprint density at radius 1 is 1.48 bits per heavy atom. The Labute approximate surface area is 126 Å². The summed E-state index contributed by atoms with van der Waals surface area (Å²) in [6.45, 7) is -0.569. The Bertz CT molecular complexity index is 677. The second-order valence-corrected chi connectivity index (χ2v) is 4.75. The molecule has 110 valence electrons. The summed E-state index contributed by atoms with van der Waals surface area (Å²) in [5.74, 6) is 5.88. The lowest BCUT2D eigenvalue weighted by molar-refractivity contribution is 0.186. The fourth-order valence-electron chi connectivity index (χ4n) is 1.59. The predicted molar refractivity (Wildman–Crippen MR) is 78.9 cm³/mol. The van der Waals surface area contributed by atoms with Crippen LogP contribution in [0.15, 0.2) is 24.7 Å². The van der Waals surface area contributed by atoms with Crippen molar-refractivity contribution in [3.05, 3.63) is 40.9 Å². The zero-order chi connectivity index (χ0) is 15.2. The van der Waals surface area contributed by atoms with Crippen LogP contribution >= 0.6 is 11.6 Å². The van der Waals surface area contributed by atoms with Crippen molar-refractivity contribution in [1.82, 2.24) is 14.8 Å². The highest BCUT2D eigenvalue weighted by molar-refractivity contribution is 6.29. The van der Waals surface area contributed by atoms with Crippen LogP contribution in [0.4, 0.5) is 10.1 Å². The number of hydrogen-bond acceptors (Lipinski definition) is 4. The van der Waals surface area contributed by atoms with E-state index >= 15 is 0 Å². The molecule has 1 atom stereocenters. The summed E-state index contributed by atoms with van der Waals surface area (Å²) in [7, 11) is 1.80.